The number of amides is 4. The van der Waals surface area contributed by atoms with E-state index in [1.165, 1.54) is 0 Å². The van der Waals surface area contributed by atoms with Gasteiger partial charge in [-0.15, -0.1) is 0 Å². The van der Waals surface area contributed by atoms with E-state index in [2.05, 4.69) is 10.6 Å². The summed E-state index contributed by atoms with van der Waals surface area (Å²) in [6.07, 6.45) is 0.315. The lowest BCUT2D eigenvalue weighted by molar-refractivity contribution is -0.131. The van der Waals surface area contributed by atoms with Gasteiger partial charge in [0.25, 0.3) is 5.91 Å². The number of ether oxygens (including phenoxy) is 1. The predicted octanol–water partition coefficient (Wildman–Crippen LogP) is 1.40. The summed E-state index contributed by atoms with van der Waals surface area (Å²) in [5.74, 6) is -0.117. The molecule has 30 heavy (non-hydrogen) atoms. The Kier molecular flexibility index (Phi) is 7.03. The van der Waals surface area contributed by atoms with E-state index in [-0.39, 0.29) is 19.6 Å². The van der Waals surface area contributed by atoms with E-state index < -0.39 is 29.9 Å². The van der Waals surface area contributed by atoms with Gasteiger partial charge in [-0.1, -0.05) is 42.5 Å². The first-order valence-electron chi connectivity index (χ1n) is 9.71. The van der Waals surface area contributed by atoms with Crippen LogP contribution in [-0.4, -0.2) is 54.2 Å². The summed E-state index contributed by atoms with van der Waals surface area (Å²) >= 11 is 0. The molecule has 1 fully saturated rings. The molecule has 1 aliphatic heterocycles. The van der Waals surface area contributed by atoms with Crippen LogP contribution in [0.3, 0.4) is 0 Å². The number of hydrogen-bond acceptors (Lipinski definition) is 5. The van der Waals surface area contributed by atoms with E-state index >= 15 is 0 Å². The minimum absolute atomic E-state index is 0.188. The first-order valence-corrected chi connectivity index (χ1v) is 9.71. The molecule has 0 aliphatic carbocycles. The molecule has 158 valence electrons. The molecule has 8 nitrogen and oxygen atoms in total. The lowest BCUT2D eigenvalue weighted by Crippen LogP contribution is -2.38. The molecular weight excluding hydrogens is 386 g/mol. The first-order chi connectivity index (χ1) is 14.5. The number of nitrogens with one attached hydrogen (secondary N) is 2. The second-order valence-corrected chi connectivity index (χ2v) is 7.01. The van der Waals surface area contributed by atoms with Gasteiger partial charge >= 0.3 is 6.03 Å². The molecule has 0 saturated carbocycles. The first kappa shape index (κ1) is 21.3. The summed E-state index contributed by atoms with van der Waals surface area (Å²) in [5, 5.41) is 14.8. The van der Waals surface area contributed by atoms with Gasteiger partial charge in [-0.3, -0.25) is 14.5 Å². The molecule has 3 rings (SSSR count). The lowest BCUT2D eigenvalue weighted by atomic mass is 10.1. The van der Waals surface area contributed by atoms with Gasteiger partial charge in [-0.25, -0.2) is 4.79 Å². The Hall–Kier alpha value is -3.39. The van der Waals surface area contributed by atoms with Crippen molar-refractivity contribution in [3.63, 3.8) is 0 Å². The minimum Gasteiger partial charge on any atom is -0.497 e. The summed E-state index contributed by atoms with van der Waals surface area (Å²) < 4.78 is 5.11. The Labute approximate surface area is 174 Å². The SMILES string of the molecule is COc1ccc(CCN2C(=O)N[C@@H](CC(=O)N[C@@H](CO)c3ccccc3)C2=O)cc1. The smallest absolute Gasteiger partial charge is 0.324 e. The number of hydrogen-bond donors (Lipinski definition) is 3. The monoisotopic (exact) mass is 411 g/mol. The lowest BCUT2D eigenvalue weighted by Gasteiger charge is -2.18. The van der Waals surface area contributed by atoms with E-state index in [4.69, 9.17) is 4.74 Å². The second kappa shape index (κ2) is 9.89. The normalized spacial score (nSPS) is 16.9. The Balaban J connectivity index is 1.54. The number of methoxy groups -OCH3 is 1. The van der Waals surface area contributed by atoms with Crippen molar-refractivity contribution < 1.29 is 24.2 Å². The summed E-state index contributed by atoms with van der Waals surface area (Å²) in [7, 11) is 1.58. The number of aliphatic hydroxyl groups is 1. The van der Waals surface area contributed by atoms with Crippen LogP contribution in [0.25, 0.3) is 0 Å². The molecule has 2 atom stereocenters. The molecule has 0 radical (unpaired) electrons. The van der Waals surface area contributed by atoms with Crippen molar-refractivity contribution in [1.82, 2.24) is 15.5 Å². The van der Waals surface area contributed by atoms with Crippen LogP contribution in [0.4, 0.5) is 4.79 Å². The zero-order valence-corrected chi connectivity index (χ0v) is 16.7. The Bertz CT molecular complexity index is 885. The number of urea groups is 1. The van der Waals surface area contributed by atoms with E-state index in [1.807, 2.05) is 42.5 Å². The van der Waals surface area contributed by atoms with Gasteiger partial charge in [0, 0.05) is 6.54 Å². The number of aliphatic hydroxyl groups excluding tert-OH is 1. The fraction of sp³-hybridized carbons (Fsp3) is 0.318. The average molecular weight is 411 g/mol. The highest BCUT2D eigenvalue weighted by atomic mass is 16.5. The number of carbonyl (C=O) groups excluding carboxylic acids is 3. The number of nitrogens with zero attached hydrogens (tertiary/aromatic N) is 1. The molecule has 0 unspecified atom stereocenters. The molecule has 2 aromatic rings. The molecule has 8 heteroatoms. The maximum Gasteiger partial charge on any atom is 0.324 e. The standard InChI is InChI=1S/C22H25N3O5/c1-30-17-9-7-15(8-10-17)11-12-25-21(28)18(24-22(25)29)13-20(27)23-19(14-26)16-5-3-2-4-6-16/h2-10,18-19,26H,11-14H2,1H3,(H,23,27)(H,24,29)/t18-,19-/m0/s1. The molecule has 0 aromatic heterocycles. The van der Waals surface area contributed by atoms with Gasteiger partial charge in [0.1, 0.15) is 11.8 Å². The molecule has 4 amide bonds. The van der Waals surface area contributed by atoms with Crippen LogP contribution < -0.4 is 15.4 Å². The van der Waals surface area contributed by atoms with E-state index in [0.717, 1.165) is 21.8 Å². The summed E-state index contributed by atoms with van der Waals surface area (Å²) in [6.45, 7) is -0.0485. The molecule has 1 aliphatic rings. The fourth-order valence-corrected chi connectivity index (χ4v) is 3.32. The zero-order chi connectivity index (χ0) is 21.5. The number of carbonyl (C=O) groups is 3. The Morgan fingerprint density at radius 3 is 2.50 bits per heavy atom. The van der Waals surface area contributed by atoms with Crippen LogP contribution in [0.5, 0.6) is 5.75 Å². The van der Waals surface area contributed by atoms with Crippen molar-refractivity contribution in [1.29, 1.82) is 0 Å². The highest BCUT2D eigenvalue weighted by Gasteiger charge is 2.38. The van der Waals surface area contributed by atoms with Crippen LogP contribution in [0.15, 0.2) is 54.6 Å². The van der Waals surface area contributed by atoms with Gasteiger partial charge in [-0.05, 0) is 29.7 Å². The van der Waals surface area contributed by atoms with Crippen molar-refractivity contribution in [2.75, 3.05) is 20.3 Å². The predicted molar refractivity (Wildman–Crippen MR) is 110 cm³/mol. The average Bonchev–Trinajstić information content (AvgIpc) is 3.03. The van der Waals surface area contributed by atoms with Gasteiger partial charge in [0.15, 0.2) is 0 Å². The minimum atomic E-state index is -0.913. The van der Waals surface area contributed by atoms with Crippen LogP contribution in [-0.2, 0) is 16.0 Å². The number of imide groups is 1. The Morgan fingerprint density at radius 1 is 1.17 bits per heavy atom. The van der Waals surface area contributed by atoms with Crippen LogP contribution in [0, 0.1) is 0 Å². The van der Waals surface area contributed by atoms with Crippen molar-refractivity contribution >= 4 is 17.8 Å². The third kappa shape index (κ3) is 5.15. The van der Waals surface area contributed by atoms with Gasteiger partial charge in [0.2, 0.25) is 5.91 Å². The number of benzene rings is 2. The van der Waals surface area contributed by atoms with E-state index in [1.54, 1.807) is 19.2 Å². The summed E-state index contributed by atoms with van der Waals surface area (Å²) in [4.78, 5) is 38.3. The fourth-order valence-electron chi connectivity index (χ4n) is 3.32. The van der Waals surface area contributed by atoms with Crippen LogP contribution >= 0.6 is 0 Å². The summed E-state index contributed by atoms with van der Waals surface area (Å²) in [5.41, 5.74) is 1.72. The maximum atomic E-state index is 12.6. The van der Waals surface area contributed by atoms with E-state index in [0.29, 0.717) is 6.42 Å². The molecule has 1 heterocycles. The van der Waals surface area contributed by atoms with E-state index in [9.17, 15) is 19.5 Å². The third-order valence-corrected chi connectivity index (χ3v) is 5.00. The quantitative estimate of drug-likeness (QED) is 0.541. The highest BCUT2D eigenvalue weighted by Crippen LogP contribution is 2.16. The molecular formula is C22H25N3O5. The van der Waals surface area contributed by atoms with Crippen LogP contribution in [0.1, 0.15) is 23.6 Å². The molecule has 2 aromatic carbocycles. The molecule has 3 N–H and O–H groups in total. The van der Waals surface area contributed by atoms with Crippen molar-refractivity contribution in [3.8, 4) is 5.75 Å². The second-order valence-electron chi connectivity index (χ2n) is 7.01. The van der Waals surface area contributed by atoms with Crippen LogP contribution in [0.2, 0.25) is 0 Å². The third-order valence-electron chi connectivity index (χ3n) is 5.00. The topological polar surface area (TPSA) is 108 Å². The van der Waals surface area contributed by atoms with Gasteiger partial charge in [-0.2, -0.15) is 0 Å². The largest absolute Gasteiger partial charge is 0.497 e. The van der Waals surface area contributed by atoms with Crippen molar-refractivity contribution in [2.24, 2.45) is 0 Å². The maximum absolute atomic E-state index is 12.6. The Morgan fingerprint density at radius 2 is 1.87 bits per heavy atom. The molecule has 0 spiro atoms. The molecule has 1 saturated heterocycles. The van der Waals surface area contributed by atoms with Crippen molar-refractivity contribution in [3.05, 3.63) is 65.7 Å². The zero-order valence-electron chi connectivity index (χ0n) is 16.7. The highest BCUT2D eigenvalue weighted by molar-refractivity contribution is 6.05. The number of rotatable bonds is 9. The molecule has 0 bridgehead atoms. The van der Waals surface area contributed by atoms with Crippen molar-refractivity contribution in [2.45, 2.75) is 24.9 Å². The van der Waals surface area contributed by atoms with Gasteiger partial charge < -0.3 is 20.5 Å². The summed E-state index contributed by atoms with van der Waals surface area (Å²) in [6, 6.07) is 14.5. The van der Waals surface area contributed by atoms with Gasteiger partial charge in [0.05, 0.1) is 26.2 Å².